The van der Waals surface area contributed by atoms with E-state index in [0.29, 0.717) is 15.7 Å². The summed E-state index contributed by atoms with van der Waals surface area (Å²) in [6.45, 7) is 0. The van der Waals surface area contributed by atoms with Crippen LogP contribution in [0.1, 0.15) is 20.8 Å². The molecule has 4 N–H and O–H groups in total. The average Bonchev–Trinajstić information content (AvgIpc) is 2.82. The maximum absolute atomic E-state index is 12.1. The van der Waals surface area contributed by atoms with Gasteiger partial charge in [-0.2, -0.15) is 0 Å². The molecule has 1 aromatic heterocycles. The van der Waals surface area contributed by atoms with Crippen LogP contribution in [-0.4, -0.2) is 23.8 Å². The van der Waals surface area contributed by atoms with Gasteiger partial charge in [0.25, 0.3) is 11.8 Å². The molecule has 0 radical (unpaired) electrons. The number of nitrogens with zero attached hydrogens (tertiary/aromatic N) is 1. The number of hydrogen-bond donors (Lipinski definition) is 3. The van der Waals surface area contributed by atoms with Crippen LogP contribution in [0.2, 0.25) is 5.02 Å². The number of thiazole rings is 1. The van der Waals surface area contributed by atoms with Gasteiger partial charge in [0.1, 0.15) is 5.00 Å². The summed E-state index contributed by atoms with van der Waals surface area (Å²) in [6, 6.07) is 6.61. The van der Waals surface area contributed by atoms with Gasteiger partial charge in [-0.3, -0.25) is 9.59 Å². The molecule has 8 heteroatoms. The summed E-state index contributed by atoms with van der Waals surface area (Å²) in [5.74, 6) is -1.14. The minimum absolute atomic E-state index is 0.0137. The normalized spacial score (nSPS) is 10.1. The highest BCUT2D eigenvalue weighted by Gasteiger charge is 2.19. The number of halogens is 1. The van der Waals surface area contributed by atoms with Crippen molar-refractivity contribution in [1.29, 1.82) is 0 Å². The Balaban J connectivity index is 2.30. The number of rotatable bonds is 4. The van der Waals surface area contributed by atoms with E-state index < -0.39 is 11.8 Å². The van der Waals surface area contributed by atoms with Gasteiger partial charge in [0.2, 0.25) is 0 Å². The zero-order chi connectivity index (χ0) is 14.7. The molecule has 0 saturated carbocycles. The van der Waals surface area contributed by atoms with Gasteiger partial charge < -0.3 is 16.4 Å². The SMILES string of the molecule is CNc1nc(C(N)=O)c(NC(=O)c2ccccc2Cl)s1. The highest BCUT2D eigenvalue weighted by molar-refractivity contribution is 7.20. The molecule has 1 aromatic carbocycles. The van der Waals surface area contributed by atoms with Crippen molar-refractivity contribution in [2.75, 3.05) is 17.7 Å². The van der Waals surface area contributed by atoms with E-state index in [9.17, 15) is 9.59 Å². The molecule has 20 heavy (non-hydrogen) atoms. The molecule has 2 rings (SSSR count). The lowest BCUT2D eigenvalue weighted by molar-refractivity contribution is 0.0997. The Morgan fingerprint density at radius 3 is 2.65 bits per heavy atom. The number of carbonyl (C=O) groups excluding carboxylic acids is 2. The molecule has 1 heterocycles. The Bertz CT molecular complexity index is 671. The number of aromatic nitrogens is 1. The lowest BCUT2D eigenvalue weighted by Gasteiger charge is -2.05. The molecule has 0 atom stereocenters. The van der Waals surface area contributed by atoms with Gasteiger partial charge >= 0.3 is 0 Å². The first-order chi connectivity index (χ1) is 9.52. The van der Waals surface area contributed by atoms with Crippen molar-refractivity contribution in [2.24, 2.45) is 5.73 Å². The summed E-state index contributed by atoms with van der Waals surface area (Å²) in [7, 11) is 1.66. The molecule has 0 unspecified atom stereocenters. The second kappa shape index (κ2) is 5.89. The Kier molecular flexibility index (Phi) is 4.21. The van der Waals surface area contributed by atoms with Crippen LogP contribution in [0.4, 0.5) is 10.1 Å². The highest BCUT2D eigenvalue weighted by atomic mass is 35.5. The van der Waals surface area contributed by atoms with E-state index in [4.69, 9.17) is 17.3 Å². The van der Waals surface area contributed by atoms with E-state index >= 15 is 0 Å². The molecule has 0 aliphatic rings. The lowest BCUT2D eigenvalue weighted by Crippen LogP contribution is -2.17. The summed E-state index contributed by atoms with van der Waals surface area (Å²) in [5, 5.41) is 6.47. The zero-order valence-electron chi connectivity index (χ0n) is 10.4. The minimum atomic E-state index is -0.711. The fourth-order valence-electron chi connectivity index (χ4n) is 1.49. The number of amides is 2. The average molecular weight is 311 g/mol. The quantitative estimate of drug-likeness (QED) is 0.806. The number of hydrogen-bond acceptors (Lipinski definition) is 5. The summed E-state index contributed by atoms with van der Waals surface area (Å²) in [4.78, 5) is 27.4. The van der Waals surface area contributed by atoms with Crippen molar-refractivity contribution in [2.45, 2.75) is 0 Å². The Hall–Kier alpha value is -2.12. The Morgan fingerprint density at radius 1 is 1.35 bits per heavy atom. The fourth-order valence-corrected chi connectivity index (χ4v) is 2.54. The van der Waals surface area contributed by atoms with Crippen molar-refractivity contribution in [3.05, 3.63) is 40.5 Å². The van der Waals surface area contributed by atoms with Crippen LogP contribution in [0, 0.1) is 0 Å². The van der Waals surface area contributed by atoms with E-state index in [-0.39, 0.29) is 10.7 Å². The molecule has 0 saturated heterocycles. The van der Waals surface area contributed by atoms with E-state index in [1.807, 2.05) is 0 Å². The number of anilines is 2. The second-order valence-electron chi connectivity index (χ2n) is 3.74. The molecule has 104 valence electrons. The number of nitrogens with two attached hydrogens (primary N) is 1. The largest absolute Gasteiger partial charge is 0.365 e. The molecule has 0 fully saturated rings. The molecule has 6 nitrogen and oxygen atoms in total. The van der Waals surface area contributed by atoms with Gasteiger partial charge in [-0.1, -0.05) is 35.1 Å². The first-order valence-corrected chi connectivity index (χ1v) is 6.76. The third-order valence-electron chi connectivity index (χ3n) is 2.42. The third kappa shape index (κ3) is 2.89. The van der Waals surface area contributed by atoms with Crippen LogP contribution in [-0.2, 0) is 0 Å². The van der Waals surface area contributed by atoms with Gasteiger partial charge in [-0.25, -0.2) is 4.98 Å². The highest BCUT2D eigenvalue weighted by Crippen LogP contribution is 2.29. The number of nitrogens with one attached hydrogen (secondary N) is 2. The second-order valence-corrected chi connectivity index (χ2v) is 5.15. The van der Waals surface area contributed by atoms with E-state index in [2.05, 4.69) is 15.6 Å². The summed E-state index contributed by atoms with van der Waals surface area (Å²) in [5.41, 5.74) is 5.55. The van der Waals surface area contributed by atoms with E-state index in [1.165, 1.54) is 0 Å². The van der Waals surface area contributed by atoms with Gasteiger partial charge in [0, 0.05) is 7.05 Å². The van der Waals surface area contributed by atoms with Gasteiger partial charge in [0.15, 0.2) is 10.8 Å². The van der Waals surface area contributed by atoms with Crippen molar-refractivity contribution in [3.63, 3.8) is 0 Å². The van der Waals surface area contributed by atoms with Crippen molar-refractivity contribution < 1.29 is 9.59 Å². The maximum atomic E-state index is 12.1. The van der Waals surface area contributed by atoms with Gasteiger partial charge in [-0.05, 0) is 12.1 Å². The van der Waals surface area contributed by atoms with Crippen LogP contribution >= 0.6 is 22.9 Å². The summed E-state index contributed by atoms with van der Waals surface area (Å²) < 4.78 is 0. The standard InChI is InChI=1S/C12H11ClN4O2S/c1-15-12-16-8(9(14)18)11(20-12)17-10(19)6-4-2-3-5-7(6)13/h2-5H,1H3,(H2,14,18)(H,15,16)(H,17,19). The van der Waals surface area contributed by atoms with E-state index in [0.717, 1.165) is 11.3 Å². The topological polar surface area (TPSA) is 97.1 Å². The number of carbonyl (C=O) groups is 2. The van der Waals surface area contributed by atoms with Crippen LogP contribution in [0.15, 0.2) is 24.3 Å². The molecule has 2 aromatic rings. The molecular weight excluding hydrogens is 300 g/mol. The molecule has 0 spiro atoms. The maximum Gasteiger partial charge on any atom is 0.270 e. The summed E-state index contributed by atoms with van der Waals surface area (Å²) >= 11 is 7.06. The molecule has 0 aliphatic carbocycles. The van der Waals surface area contributed by atoms with Crippen molar-refractivity contribution >= 4 is 44.9 Å². The molecule has 2 amide bonds. The van der Waals surface area contributed by atoms with E-state index in [1.54, 1.807) is 31.3 Å². The predicted octanol–water partition coefficient (Wildman–Crippen LogP) is 2.19. The molecular formula is C12H11ClN4O2S. The first kappa shape index (κ1) is 14.3. The predicted molar refractivity (Wildman–Crippen MR) is 79.6 cm³/mol. The first-order valence-electron chi connectivity index (χ1n) is 5.57. The lowest BCUT2D eigenvalue weighted by atomic mass is 10.2. The number of benzene rings is 1. The fraction of sp³-hybridized carbons (Fsp3) is 0.0833. The van der Waals surface area contributed by atoms with Crippen molar-refractivity contribution in [1.82, 2.24) is 4.98 Å². The van der Waals surface area contributed by atoms with Crippen LogP contribution < -0.4 is 16.4 Å². The molecule has 0 bridgehead atoms. The van der Waals surface area contributed by atoms with Crippen molar-refractivity contribution in [3.8, 4) is 0 Å². The monoisotopic (exact) mass is 310 g/mol. The Morgan fingerprint density at radius 2 is 2.05 bits per heavy atom. The van der Waals surface area contributed by atoms with Crippen LogP contribution in [0.5, 0.6) is 0 Å². The van der Waals surface area contributed by atoms with Crippen LogP contribution in [0.25, 0.3) is 0 Å². The van der Waals surface area contributed by atoms with Gasteiger partial charge in [-0.15, -0.1) is 0 Å². The zero-order valence-corrected chi connectivity index (χ0v) is 12.0. The molecule has 0 aliphatic heterocycles. The summed E-state index contributed by atoms with van der Waals surface area (Å²) in [6.07, 6.45) is 0. The number of primary amides is 1. The van der Waals surface area contributed by atoms with Crippen LogP contribution in [0.3, 0.4) is 0 Å². The smallest absolute Gasteiger partial charge is 0.270 e. The minimum Gasteiger partial charge on any atom is -0.365 e. The van der Waals surface area contributed by atoms with Gasteiger partial charge in [0.05, 0.1) is 10.6 Å². The third-order valence-corrected chi connectivity index (χ3v) is 3.74. The Labute approximate surface area is 124 Å².